The Kier molecular flexibility index (Phi) is 7.36. The van der Waals surface area contributed by atoms with Crippen molar-refractivity contribution in [1.82, 2.24) is 4.98 Å². The van der Waals surface area contributed by atoms with E-state index in [4.69, 9.17) is 15.5 Å². The number of nitrogens with zero attached hydrogens (tertiary/aromatic N) is 1. The van der Waals surface area contributed by atoms with Gasteiger partial charge in [0, 0.05) is 29.8 Å². The summed E-state index contributed by atoms with van der Waals surface area (Å²) < 4.78 is 30.5. The zero-order chi connectivity index (χ0) is 23.5. The highest BCUT2D eigenvalue weighted by Crippen LogP contribution is 2.34. The predicted octanol–water partition coefficient (Wildman–Crippen LogP) is 5.01. The molecule has 3 rings (SSSR count). The number of nitrogens with two attached hydrogens (primary N) is 1. The van der Waals surface area contributed by atoms with Crippen molar-refractivity contribution < 1.29 is 13.2 Å². The van der Waals surface area contributed by atoms with Crippen molar-refractivity contribution in [2.75, 3.05) is 6.26 Å². The Bertz CT molecular complexity index is 1200. The fraction of sp³-hybridized carbons (Fsp3) is 0.346. The summed E-state index contributed by atoms with van der Waals surface area (Å²) in [6, 6.07) is 15.1. The van der Waals surface area contributed by atoms with Gasteiger partial charge in [0.05, 0.1) is 0 Å². The van der Waals surface area contributed by atoms with Gasteiger partial charge in [-0.3, -0.25) is 4.98 Å². The highest BCUT2D eigenvalue weighted by molar-refractivity contribution is 7.90. The Hall–Kier alpha value is -2.70. The number of sulfone groups is 1. The molecule has 0 aliphatic carbocycles. The van der Waals surface area contributed by atoms with E-state index in [0.29, 0.717) is 18.2 Å². The molecular weight excluding hydrogens is 420 g/mol. The van der Waals surface area contributed by atoms with E-state index >= 15 is 0 Å². The number of pyridine rings is 1. The average Bonchev–Trinajstić information content (AvgIpc) is 2.72. The van der Waals surface area contributed by atoms with Gasteiger partial charge in [0.1, 0.15) is 17.3 Å². The van der Waals surface area contributed by atoms with Gasteiger partial charge >= 0.3 is 0 Å². The number of hydrogen-bond donors (Lipinski definition) is 1. The van der Waals surface area contributed by atoms with Crippen LogP contribution in [0.3, 0.4) is 0 Å². The van der Waals surface area contributed by atoms with Crippen molar-refractivity contribution in [1.29, 1.82) is 0 Å². The largest absolute Gasteiger partial charge is 0.487 e. The molecule has 2 aromatic carbocycles. The molecule has 0 spiro atoms. The first kappa shape index (κ1) is 24.0. The third kappa shape index (κ3) is 5.37. The Labute approximate surface area is 191 Å². The van der Waals surface area contributed by atoms with Gasteiger partial charge in [0.15, 0.2) is 9.84 Å². The molecular formula is C26H32N2O3S. The minimum Gasteiger partial charge on any atom is -0.487 e. The molecule has 32 heavy (non-hydrogen) atoms. The molecule has 1 heterocycles. The Morgan fingerprint density at radius 2 is 1.66 bits per heavy atom. The Balaban J connectivity index is 2.14. The predicted molar refractivity (Wildman–Crippen MR) is 129 cm³/mol. The van der Waals surface area contributed by atoms with Crippen LogP contribution in [0, 0.1) is 19.8 Å². The zero-order valence-corrected chi connectivity index (χ0v) is 20.3. The van der Waals surface area contributed by atoms with Crippen molar-refractivity contribution in [3.8, 4) is 16.9 Å². The topological polar surface area (TPSA) is 82.3 Å². The van der Waals surface area contributed by atoms with Gasteiger partial charge in [0.25, 0.3) is 0 Å². The molecule has 0 bridgehead atoms. The minimum absolute atomic E-state index is 0.179. The zero-order valence-electron chi connectivity index (χ0n) is 19.5. The van der Waals surface area contributed by atoms with Gasteiger partial charge < -0.3 is 10.5 Å². The number of aryl methyl sites for hydroxylation is 2. The van der Waals surface area contributed by atoms with Crippen LogP contribution in [-0.4, -0.2) is 19.7 Å². The van der Waals surface area contributed by atoms with Crippen LogP contribution < -0.4 is 10.5 Å². The van der Waals surface area contributed by atoms with Crippen LogP contribution in [0.25, 0.3) is 11.1 Å². The molecule has 0 amide bonds. The van der Waals surface area contributed by atoms with E-state index in [2.05, 4.69) is 45.0 Å². The summed E-state index contributed by atoms with van der Waals surface area (Å²) in [5, 5.41) is 0. The van der Waals surface area contributed by atoms with Gasteiger partial charge in [-0.15, -0.1) is 0 Å². The Morgan fingerprint density at radius 3 is 2.25 bits per heavy atom. The average molecular weight is 453 g/mol. The number of aromatic nitrogens is 1. The van der Waals surface area contributed by atoms with Crippen molar-refractivity contribution in [2.45, 2.75) is 52.2 Å². The summed E-state index contributed by atoms with van der Waals surface area (Å²) >= 11 is 0. The van der Waals surface area contributed by atoms with Crippen LogP contribution in [-0.2, 0) is 29.4 Å². The minimum atomic E-state index is -3.41. The van der Waals surface area contributed by atoms with E-state index in [9.17, 15) is 8.42 Å². The van der Waals surface area contributed by atoms with Crippen LogP contribution in [0.4, 0.5) is 0 Å². The summed E-state index contributed by atoms with van der Waals surface area (Å²) in [5.74, 6) is 0.784. The molecule has 0 aliphatic heterocycles. The molecule has 1 aromatic heterocycles. The maximum Gasteiger partial charge on any atom is 0.179 e. The van der Waals surface area contributed by atoms with E-state index in [1.165, 1.54) is 11.8 Å². The molecule has 6 heteroatoms. The summed E-state index contributed by atoms with van der Waals surface area (Å²) in [5.41, 5.74) is 13.3. The monoisotopic (exact) mass is 452 g/mol. The first-order chi connectivity index (χ1) is 15.1. The van der Waals surface area contributed by atoms with Gasteiger partial charge in [-0.05, 0) is 55.0 Å². The summed E-state index contributed by atoms with van der Waals surface area (Å²) in [7, 11) is -3.41. The molecule has 0 saturated heterocycles. The second-order valence-corrected chi connectivity index (χ2v) is 10.6. The lowest BCUT2D eigenvalue weighted by atomic mass is 9.90. The molecule has 5 nitrogen and oxygen atoms in total. The molecule has 0 aliphatic rings. The van der Waals surface area contributed by atoms with E-state index in [1.54, 1.807) is 24.3 Å². The number of ether oxygens (including phenoxy) is 1. The quantitative estimate of drug-likeness (QED) is 0.520. The molecule has 0 saturated carbocycles. The number of rotatable bonds is 8. The van der Waals surface area contributed by atoms with Gasteiger partial charge in [-0.2, -0.15) is 0 Å². The Morgan fingerprint density at radius 1 is 1.00 bits per heavy atom. The summed E-state index contributed by atoms with van der Waals surface area (Å²) in [6.07, 6.45) is 2.03. The van der Waals surface area contributed by atoms with E-state index in [-0.39, 0.29) is 11.5 Å². The molecule has 0 unspecified atom stereocenters. The lowest BCUT2D eigenvalue weighted by Crippen LogP contribution is -2.14. The molecule has 170 valence electrons. The van der Waals surface area contributed by atoms with Crippen molar-refractivity contribution >= 4 is 9.84 Å². The van der Waals surface area contributed by atoms with Gasteiger partial charge in [-0.1, -0.05) is 55.8 Å². The lowest BCUT2D eigenvalue weighted by molar-refractivity contribution is 0.297. The van der Waals surface area contributed by atoms with Crippen LogP contribution >= 0.6 is 0 Å². The smallest absolute Gasteiger partial charge is 0.179 e. The second kappa shape index (κ2) is 9.84. The van der Waals surface area contributed by atoms with Gasteiger partial charge in [-0.25, -0.2) is 8.42 Å². The molecule has 3 aromatic rings. The third-order valence-corrected chi connectivity index (χ3v) is 6.59. The SMILES string of the molecule is Cc1ccc(-c2c(COc3ccccc3S(C)(=O)=O)c(C)nc(CC(C)C)c2CN)cc1. The summed E-state index contributed by atoms with van der Waals surface area (Å²) in [6.45, 7) is 8.93. The number of benzene rings is 2. The van der Waals surface area contributed by atoms with Crippen LogP contribution in [0.5, 0.6) is 5.75 Å². The highest BCUT2D eigenvalue weighted by atomic mass is 32.2. The standard InChI is InChI=1S/C26H32N2O3S/c1-17(2)14-23-21(15-27)26(20-12-10-18(3)11-13-20)22(19(4)28-23)16-31-24-8-6-7-9-25(24)32(5,29)30/h6-13,17H,14-16,27H2,1-5H3. The van der Waals surface area contributed by atoms with E-state index in [0.717, 1.165) is 40.1 Å². The first-order valence-electron chi connectivity index (χ1n) is 10.8. The highest BCUT2D eigenvalue weighted by Gasteiger charge is 2.21. The normalized spacial score (nSPS) is 11.7. The second-order valence-electron chi connectivity index (χ2n) is 8.65. The lowest BCUT2D eigenvalue weighted by Gasteiger charge is -2.21. The maximum absolute atomic E-state index is 12.2. The number of para-hydroxylation sites is 1. The molecule has 0 radical (unpaired) electrons. The molecule has 2 N–H and O–H groups in total. The van der Waals surface area contributed by atoms with Gasteiger partial charge in [0.2, 0.25) is 0 Å². The van der Waals surface area contributed by atoms with Crippen LogP contribution in [0.15, 0.2) is 53.4 Å². The van der Waals surface area contributed by atoms with E-state index in [1.807, 2.05) is 6.92 Å². The first-order valence-corrected chi connectivity index (χ1v) is 12.7. The van der Waals surface area contributed by atoms with Crippen LogP contribution in [0.1, 0.15) is 41.9 Å². The van der Waals surface area contributed by atoms with Crippen molar-refractivity contribution in [3.63, 3.8) is 0 Å². The third-order valence-electron chi connectivity index (χ3n) is 5.46. The van der Waals surface area contributed by atoms with Crippen molar-refractivity contribution in [2.24, 2.45) is 11.7 Å². The van der Waals surface area contributed by atoms with Crippen LogP contribution in [0.2, 0.25) is 0 Å². The van der Waals surface area contributed by atoms with Crippen molar-refractivity contribution in [3.05, 3.63) is 76.6 Å². The number of hydrogen-bond acceptors (Lipinski definition) is 5. The maximum atomic E-state index is 12.2. The molecule has 0 atom stereocenters. The fourth-order valence-corrected chi connectivity index (χ4v) is 4.71. The summed E-state index contributed by atoms with van der Waals surface area (Å²) in [4.78, 5) is 5.07. The fourth-order valence-electron chi connectivity index (χ4n) is 3.89. The molecule has 0 fully saturated rings. The van der Waals surface area contributed by atoms with E-state index < -0.39 is 9.84 Å².